The van der Waals surface area contributed by atoms with E-state index in [-0.39, 0.29) is 16.0 Å². The Morgan fingerprint density at radius 2 is 2.00 bits per heavy atom. The fraction of sp³-hybridized carbons (Fsp3) is 0.538. The molecule has 0 atom stereocenters. The number of hydrogen-bond acceptors (Lipinski definition) is 2. The van der Waals surface area contributed by atoms with Gasteiger partial charge in [-0.1, -0.05) is 33.0 Å². The molecule has 1 aliphatic carbocycles. The molecule has 3 nitrogen and oxygen atoms in total. The highest BCUT2D eigenvalue weighted by atomic mass is 32.1. The van der Waals surface area contributed by atoms with Crippen LogP contribution in [0.3, 0.4) is 0 Å². The zero-order valence-corrected chi connectivity index (χ0v) is 11.3. The van der Waals surface area contributed by atoms with Gasteiger partial charge in [-0.3, -0.25) is 4.79 Å². The zero-order valence-electron chi connectivity index (χ0n) is 10.5. The highest BCUT2D eigenvalue weighted by Gasteiger charge is 2.31. The second-order valence-electron chi connectivity index (χ2n) is 5.65. The summed E-state index contributed by atoms with van der Waals surface area (Å²) in [6.07, 6.45) is 2.15. The van der Waals surface area contributed by atoms with Crippen LogP contribution in [0.4, 0.5) is 0 Å². The van der Waals surface area contributed by atoms with Crippen LogP contribution in [0.5, 0.6) is 0 Å². The standard InChI is InChI=1S/C13H18N2OS/c1-13(2,3)10-7-6-9(11(14)17)12(16)15(10)8-4-5-8/h6-8H,4-5H2,1-3H3,(H2,14,17). The third kappa shape index (κ3) is 2.27. The van der Waals surface area contributed by atoms with Crippen LogP contribution < -0.4 is 11.3 Å². The van der Waals surface area contributed by atoms with Crippen molar-refractivity contribution in [1.82, 2.24) is 4.57 Å². The molecule has 1 aliphatic rings. The Kier molecular flexibility index (Phi) is 2.86. The lowest BCUT2D eigenvalue weighted by atomic mass is 9.90. The van der Waals surface area contributed by atoms with Crippen molar-refractivity contribution in [2.45, 2.75) is 45.1 Å². The van der Waals surface area contributed by atoms with E-state index in [9.17, 15) is 4.79 Å². The van der Waals surface area contributed by atoms with E-state index in [1.54, 1.807) is 6.07 Å². The summed E-state index contributed by atoms with van der Waals surface area (Å²) in [6, 6.07) is 4.07. The SMILES string of the molecule is CC(C)(C)c1ccc(C(N)=S)c(=O)n1C1CC1. The molecule has 92 valence electrons. The van der Waals surface area contributed by atoms with E-state index >= 15 is 0 Å². The summed E-state index contributed by atoms with van der Waals surface area (Å²) in [6.45, 7) is 6.34. The van der Waals surface area contributed by atoms with Crippen molar-refractivity contribution in [3.63, 3.8) is 0 Å². The molecular weight excluding hydrogens is 232 g/mol. The summed E-state index contributed by atoms with van der Waals surface area (Å²) >= 11 is 4.92. The molecule has 0 spiro atoms. The minimum absolute atomic E-state index is 0.0348. The van der Waals surface area contributed by atoms with Crippen molar-refractivity contribution in [2.24, 2.45) is 5.73 Å². The van der Waals surface area contributed by atoms with E-state index in [1.165, 1.54) is 0 Å². The van der Waals surface area contributed by atoms with Gasteiger partial charge in [0.25, 0.3) is 5.56 Å². The number of nitrogens with two attached hydrogens (primary N) is 1. The first-order chi connectivity index (χ1) is 7.82. The first-order valence-corrected chi connectivity index (χ1v) is 6.29. The highest BCUT2D eigenvalue weighted by molar-refractivity contribution is 7.80. The van der Waals surface area contributed by atoms with E-state index in [2.05, 4.69) is 20.8 Å². The lowest BCUT2D eigenvalue weighted by Crippen LogP contribution is -2.34. The monoisotopic (exact) mass is 250 g/mol. The van der Waals surface area contributed by atoms with Crippen LogP contribution in [0.1, 0.15) is 50.9 Å². The van der Waals surface area contributed by atoms with E-state index in [0.29, 0.717) is 11.6 Å². The average Bonchev–Trinajstić information content (AvgIpc) is 2.98. The van der Waals surface area contributed by atoms with Crippen molar-refractivity contribution in [2.75, 3.05) is 0 Å². The Hall–Kier alpha value is -1.16. The fourth-order valence-corrected chi connectivity index (χ4v) is 2.20. The van der Waals surface area contributed by atoms with Crippen LogP contribution in [0, 0.1) is 0 Å². The fourth-order valence-electron chi connectivity index (χ4n) is 2.05. The Morgan fingerprint density at radius 3 is 2.41 bits per heavy atom. The Bertz CT molecular complexity index is 521. The Balaban J connectivity index is 2.68. The molecule has 0 aromatic carbocycles. The molecule has 4 heteroatoms. The maximum Gasteiger partial charge on any atom is 0.261 e. The third-order valence-corrected chi connectivity index (χ3v) is 3.28. The normalized spacial score (nSPS) is 15.9. The summed E-state index contributed by atoms with van der Waals surface area (Å²) in [7, 11) is 0. The molecule has 0 unspecified atom stereocenters. The maximum atomic E-state index is 12.4. The first-order valence-electron chi connectivity index (χ1n) is 5.88. The van der Waals surface area contributed by atoms with Crippen molar-refractivity contribution < 1.29 is 0 Å². The number of thiocarbonyl (C=S) groups is 1. The molecule has 1 aromatic rings. The van der Waals surface area contributed by atoms with Gasteiger partial charge in [-0.15, -0.1) is 0 Å². The summed E-state index contributed by atoms with van der Waals surface area (Å²) < 4.78 is 1.88. The van der Waals surface area contributed by atoms with Crippen LogP contribution >= 0.6 is 12.2 Å². The summed E-state index contributed by atoms with van der Waals surface area (Å²) in [5, 5.41) is 0. The predicted octanol–water partition coefficient (Wildman–Crippen LogP) is 2.11. The van der Waals surface area contributed by atoms with Crippen LogP contribution in [-0.2, 0) is 5.41 Å². The number of pyridine rings is 1. The molecule has 0 radical (unpaired) electrons. The summed E-state index contributed by atoms with van der Waals surface area (Å²) in [5.74, 6) is 0. The lowest BCUT2D eigenvalue weighted by molar-refractivity contribution is 0.505. The molecule has 0 saturated heterocycles. The molecule has 1 aromatic heterocycles. The third-order valence-electron chi connectivity index (χ3n) is 3.06. The second kappa shape index (κ2) is 3.95. The van der Waals surface area contributed by atoms with Crippen molar-refractivity contribution in [1.29, 1.82) is 0 Å². The van der Waals surface area contributed by atoms with Gasteiger partial charge in [0.2, 0.25) is 0 Å². The highest BCUT2D eigenvalue weighted by Crippen LogP contribution is 2.37. The molecule has 2 rings (SSSR count). The molecular formula is C13H18N2OS. The van der Waals surface area contributed by atoms with Crippen molar-refractivity contribution in [3.05, 3.63) is 33.7 Å². The Labute approximate surface area is 107 Å². The quantitative estimate of drug-likeness (QED) is 0.818. The van der Waals surface area contributed by atoms with Gasteiger partial charge in [0.1, 0.15) is 4.99 Å². The Morgan fingerprint density at radius 1 is 1.41 bits per heavy atom. The van der Waals surface area contributed by atoms with Crippen molar-refractivity contribution in [3.8, 4) is 0 Å². The second-order valence-corrected chi connectivity index (χ2v) is 6.09. The van der Waals surface area contributed by atoms with Gasteiger partial charge < -0.3 is 10.3 Å². The van der Waals surface area contributed by atoms with E-state index < -0.39 is 0 Å². The van der Waals surface area contributed by atoms with Gasteiger partial charge in [0, 0.05) is 17.2 Å². The molecule has 1 heterocycles. The van der Waals surface area contributed by atoms with Gasteiger partial charge >= 0.3 is 0 Å². The van der Waals surface area contributed by atoms with Crippen molar-refractivity contribution >= 4 is 17.2 Å². The predicted molar refractivity (Wildman–Crippen MR) is 73.6 cm³/mol. The molecule has 1 fully saturated rings. The lowest BCUT2D eigenvalue weighted by Gasteiger charge is -2.24. The number of hydrogen-bond donors (Lipinski definition) is 1. The minimum Gasteiger partial charge on any atom is -0.389 e. The molecule has 17 heavy (non-hydrogen) atoms. The maximum absolute atomic E-state index is 12.4. The molecule has 0 amide bonds. The van der Waals surface area contributed by atoms with E-state index in [0.717, 1.165) is 18.5 Å². The van der Waals surface area contributed by atoms with Crippen LogP contribution in [0.2, 0.25) is 0 Å². The molecule has 0 aliphatic heterocycles. The molecule has 1 saturated carbocycles. The summed E-state index contributed by atoms with van der Waals surface area (Å²) in [5.41, 5.74) is 7.02. The number of aromatic nitrogens is 1. The van der Waals surface area contributed by atoms with Crippen LogP contribution in [0.25, 0.3) is 0 Å². The number of nitrogens with zero attached hydrogens (tertiary/aromatic N) is 1. The zero-order chi connectivity index (χ0) is 12.8. The molecule has 0 bridgehead atoms. The van der Waals surface area contributed by atoms with E-state index in [4.69, 9.17) is 18.0 Å². The van der Waals surface area contributed by atoms with Gasteiger partial charge in [0.05, 0.1) is 5.56 Å². The first kappa shape index (κ1) is 12.3. The van der Waals surface area contributed by atoms with E-state index in [1.807, 2.05) is 10.6 Å². The van der Waals surface area contributed by atoms with Gasteiger partial charge in [-0.2, -0.15) is 0 Å². The summed E-state index contributed by atoms with van der Waals surface area (Å²) in [4.78, 5) is 12.5. The average molecular weight is 250 g/mol. The molecule has 2 N–H and O–H groups in total. The van der Waals surface area contributed by atoms with Crippen LogP contribution in [0.15, 0.2) is 16.9 Å². The smallest absolute Gasteiger partial charge is 0.261 e. The number of rotatable bonds is 2. The van der Waals surface area contributed by atoms with Gasteiger partial charge in [0.15, 0.2) is 0 Å². The van der Waals surface area contributed by atoms with Gasteiger partial charge in [-0.25, -0.2) is 0 Å². The minimum atomic E-state index is -0.0451. The largest absolute Gasteiger partial charge is 0.389 e. The van der Waals surface area contributed by atoms with Crippen LogP contribution in [-0.4, -0.2) is 9.56 Å². The topological polar surface area (TPSA) is 48.0 Å². The van der Waals surface area contributed by atoms with Gasteiger partial charge in [-0.05, 0) is 25.0 Å².